The first-order chi connectivity index (χ1) is 8.31. The van der Waals surface area contributed by atoms with Crippen molar-refractivity contribution in [3.8, 4) is 0 Å². The summed E-state index contributed by atoms with van der Waals surface area (Å²) in [6.07, 6.45) is 4.22. The molecule has 1 aromatic rings. The van der Waals surface area contributed by atoms with Crippen molar-refractivity contribution in [2.45, 2.75) is 38.8 Å². The Bertz CT molecular complexity index is 352. The van der Waals surface area contributed by atoms with Crippen LogP contribution in [0.2, 0.25) is 0 Å². The van der Waals surface area contributed by atoms with Crippen molar-refractivity contribution < 1.29 is 9.53 Å². The molecule has 0 aliphatic carbocycles. The second-order valence-electron chi connectivity index (χ2n) is 4.22. The summed E-state index contributed by atoms with van der Waals surface area (Å²) in [5, 5.41) is 9.31. The molecule has 17 heavy (non-hydrogen) atoms. The van der Waals surface area contributed by atoms with E-state index in [2.05, 4.69) is 20.5 Å². The number of carbonyl (C=O) groups is 1. The summed E-state index contributed by atoms with van der Waals surface area (Å²) in [4.78, 5) is 16.0. The first-order valence-electron chi connectivity index (χ1n) is 6.04. The van der Waals surface area contributed by atoms with E-state index in [-0.39, 0.29) is 17.9 Å². The van der Waals surface area contributed by atoms with Gasteiger partial charge in [-0.25, -0.2) is 4.98 Å². The molecule has 0 radical (unpaired) electrons. The van der Waals surface area contributed by atoms with Crippen LogP contribution >= 0.6 is 0 Å². The highest BCUT2D eigenvalue weighted by Gasteiger charge is 2.30. The standard InChI is InChI=1S/C11H18N4O2/c1-2-9-8(4-3-5-17-9)11(16)12-6-10-13-7-14-15-10/h7-9H,2-6H2,1H3,(H,12,16)(H,13,14,15). The summed E-state index contributed by atoms with van der Waals surface area (Å²) in [6, 6.07) is 0. The fourth-order valence-corrected chi connectivity index (χ4v) is 2.16. The average Bonchev–Trinajstić information content (AvgIpc) is 2.89. The van der Waals surface area contributed by atoms with Gasteiger partial charge in [-0.3, -0.25) is 9.89 Å². The van der Waals surface area contributed by atoms with E-state index in [1.807, 2.05) is 6.92 Å². The molecule has 2 N–H and O–H groups in total. The van der Waals surface area contributed by atoms with E-state index in [9.17, 15) is 4.79 Å². The Balaban J connectivity index is 1.85. The van der Waals surface area contributed by atoms with Gasteiger partial charge in [-0.2, -0.15) is 5.10 Å². The maximum atomic E-state index is 12.0. The minimum absolute atomic E-state index is 0.0309. The Labute approximate surface area is 100 Å². The highest BCUT2D eigenvalue weighted by Crippen LogP contribution is 2.23. The number of amides is 1. The molecule has 2 atom stereocenters. The first kappa shape index (κ1) is 12.0. The van der Waals surface area contributed by atoms with Gasteiger partial charge in [0.15, 0.2) is 0 Å². The van der Waals surface area contributed by atoms with Gasteiger partial charge < -0.3 is 10.1 Å². The number of aromatic nitrogens is 3. The summed E-state index contributed by atoms with van der Waals surface area (Å²) >= 11 is 0. The Morgan fingerprint density at radius 3 is 3.29 bits per heavy atom. The van der Waals surface area contributed by atoms with Crippen LogP contribution in [-0.4, -0.2) is 33.8 Å². The summed E-state index contributed by atoms with van der Waals surface area (Å²) < 4.78 is 5.60. The fraction of sp³-hybridized carbons (Fsp3) is 0.727. The lowest BCUT2D eigenvalue weighted by molar-refractivity contribution is -0.134. The number of carbonyl (C=O) groups excluding carboxylic acids is 1. The number of hydrogen-bond acceptors (Lipinski definition) is 4. The van der Waals surface area contributed by atoms with Crippen LogP contribution in [0.15, 0.2) is 6.33 Å². The number of nitrogens with zero attached hydrogens (tertiary/aromatic N) is 2. The van der Waals surface area contributed by atoms with Gasteiger partial charge >= 0.3 is 0 Å². The van der Waals surface area contributed by atoms with Crippen LogP contribution in [0.5, 0.6) is 0 Å². The highest BCUT2D eigenvalue weighted by molar-refractivity contribution is 5.79. The Kier molecular flexibility index (Phi) is 4.08. The molecule has 0 aromatic carbocycles. The lowest BCUT2D eigenvalue weighted by atomic mass is 9.92. The second-order valence-corrected chi connectivity index (χ2v) is 4.22. The molecule has 0 bridgehead atoms. The van der Waals surface area contributed by atoms with Crippen molar-refractivity contribution in [2.75, 3.05) is 6.61 Å². The molecule has 1 aliphatic rings. The van der Waals surface area contributed by atoms with Crippen molar-refractivity contribution >= 4 is 5.91 Å². The molecule has 0 spiro atoms. The van der Waals surface area contributed by atoms with Crippen LogP contribution in [0.4, 0.5) is 0 Å². The van der Waals surface area contributed by atoms with Crippen LogP contribution in [0.25, 0.3) is 0 Å². The molecule has 1 fully saturated rings. The van der Waals surface area contributed by atoms with Gasteiger partial charge in [0.05, 0.1) is 18.6 Å². The van der Waals surface area contributed by atoms with Crippen molar-refractivity contribution in [3.63, 3.8) is 0 Å². The quantitative estimate of drug-likeness (QED) is 0.806. The highest BCUT2D eigenvalue weighted by atomic mass is 16.5. The van der Waals surface area contributed by atoms with Gasteiger partial charge in [0.25, 0.3) is 0 Å². The molecular formula is C11H18N4O2. The van der Waals surface area contributed by atoms with Crippen molar-refractivity contribution in [1.82, 2.24) is 20.5 Å². The van der Waals surface area contributed by atoms with Crippen molar-refractivity contribution in [3.05, 3.63) is 12.2 Å². The Morgan fingerprint density at radius 1 is 1.71 bits per heavy atom. The van der Waals surface area contributed by atoms with E-state index in [0.29, 0.717) is 12.4 Å². The van der Waals surface area contributed by atoms with Gasteiger partial charge in [-0.1, -0.05) is 6.92 Å². The van der Waals surface area contributed by atoms with Gasteiger partial charge in [-0.15, -0.1) is 0 Å². The van der Waals surface area contributed by atoms with E-state index in [4.69, 9.17) is 4.74 Å². The smallest absolute Gasteiger partial charge is 0.226 e. The number of aromatic amines is 1. The van der Waals surface area contributed by atoms with Gasteiger partial charge in [0, 0.05) is 6.61 Å². The first-order valence-corrected chi connectivity index (χ1v) is 6.04. The SMILES string of the molecule is CCC1OCCCC1C(=O)NCc1ncn[nH]1. The van der Waals surface area contributed by atoms with E-state index >= 15 is 0 Å². The van der Waals surface area contributed by atoms with E-state index in [1.54, 1.807) is 0 Å². The predicted molar refractivity (Wildman–Crippen MR) is 61.0 cm³/mol. The lowest BCUT2D eigenvalue weighted by Crippen LogP contribution is -2.41. The van der Waals surface area contributed by atoms with E-state index < -0.39 is 0 Å². The minimum Gasteiger partial charge on any atom is -0.377 e. The molecule has 0 saturated carbocycles. The molecule has 1 aliphatic heterocycles. The number of hydrogen-bond donors (Lipinski definition) is 2. The third kappa shape index (κ3) is 3.03. The Hall–Kier alpha value is -1.43. The van der Waals surface area contributed by atoms with Crippen LogP contribution in [0.3, 0.4) is 0 Å². The molecule has 6 nitrogen and oxygen atoms in total. The van der Waals surface area contributed by atoms with Crippen LogP contribution in [0.1, 0.15) is 32.0 Å². The minimum atomic E-state index is -0.0309. The monoisotopic (exact) mass is 238 g/mol. The number of ether oxygens (including phenoxy) is 1. The predicted octanol–water partition coefficient (Wildman–Crippen LogP) is 0.626. The number of nitrogens with one attached hydrogen (secondary N) is 2. The molecule has 2 unspecified atom stereocenters. The van der Waals surface area contributed by atoms with Crippen LogP contribution in [0, 0.1) is 5.92 Å². The average molecular weight is 238 g/mol. The summed E-state index contributed by atoms with van der Waals surface area (Å²) in [5.74, 6) is 0.688. The zero-order valence-corrected chi connectivity index (χ0v) is 9.98. The topological polar surface area (TPSA) is 79.9 Å². The summed E-state index contributed by atoms with van der Waals surface area (Å²) in [7, 11) is 0. The molecule has 1 amide bonds. The summed E-state index contributed by atoms with van der Waals surface area (Å²) in [6.45, 7) is 3.21. The third-order valence-electron chi connectivity index (χ3n) is 3.07. The van der Waals surface area contributed by atoms with Crippen LogP contribution < -0.4 is 5.32 Å². The molecule has 94 valence electrons. The molecular weight excluding hydrogens is 220 g/mol. The number of rotatable bonds is 4. The van der Waals surface area contributed by atoms with E-state index in [0.717, 1.165) is 25.9 Å². The van der Waals surface area contributed by atoms with Gasteiger partial charge in [-0.05, 0) is 19.3 Å². The lowest BCUT2D eigenvalue weighted by Gasteiger charge is -2.29. The zero-order chi connectivity index (χ0) is 12.1. The van der Waals surface area contributed by atoms with Crippen molar-refractivity contribution in [2.24, 2.45) is 5.92 Å². The molecule has 2 rings (SSSR count). The maximum absolute atomic E-state index is 12.0. The fourth-order valence-electron chi connectivity index (χ4n) is 2.16. The van der Waals surface area contributed by atoms with Crippen LogP contribution in [-0.2, 0) is 16.1 Å². The summed E-state index contributed by atoms with van der Waals surface area (Å²) in [5.41, 5.74) is 0. The molecule has 1 saturated heterocycles. The third-order valence-corrected chi connectivity index (χ3v) is 3.07. The van der Waals surface area contributed by atoms with E-state index in [1.165, 1.54) is 6.33 Å². The van der Waals surface area contributed by atoms with Crippen molar-refractivity contribution in [1.29, 1.82) is 0 Å². The van der Waals surface area contributed by atoms with Gasteiger partial charge in [0.2, 0.25) is 5.91 Å². The normalized spacial score (nSPS) is 24.5. The number of H-pyrrole nitrogens is 1. The second kappa shape index (κ2) is 5.77. The zero-order valence-electron chi connectivity index (χ0n) is 9.98. The maximum Gasteiger partial charge on any atom is 0.226 e. The van der Waals surface area contributed by atoms with Gasteiger partial charge in [0.1, 0.15) is 12.2 Å². The largest absolute Gasteiger partial charge is 0.377 e. The molecule has 1 aromatic heterocycles. The molecule has 2 heterocycles. The Morgan fingerprint density at radius 2 is 2.59 bits per heavy atom. The molecule has 6 heteroatoms.